The van der Waals surface area contributed by atoms with Crippen LogP contribution in [-0.4, -0.2) is 33.5 Å². The van der Waals surface area contributed by atoms with E-state index in [0.29, 0.717) is 4.68 Å². The fourth-order valence-corrected chi connectivity index (χ4v) is 1.64. The molecule has 0 fully saturated rings. The molecule has 8 heteroatoms. The average molecular weight is 273 g/mol. The zero-order valence-corrected chi connectivity index (χ0v) is 9.94. The Morgan fingerprint density at radius 1 is 1.47 bits per heavy atom. The molecule has 2 heterocycles. The Balaban J connectivity index is 2.51. The van der Waals surface area contributed by atoms with E-state index in [2.05, 4.69) is 10.1 Å². The molecule has 2 aromatic heterocycles. The molecule has 0 amide bonds. The summed E-state index contributed by atoms with van der Waals surface area (Å²) in [6.45, 7) is 0.425. The van der Waals surface area contributed by atoms with Gasteiger partial charge in [0.25, 0.3) is 0 Å². The van der Waals surface area contributed by atoms with Gasteiger partial charge in [-0.25, -0.2) is 4.79 Å². The highest BCUT2D eigenvalue weighted by molar-refractivity contribution is 6.00. The van der Waals surface area contributed by atoms with Crippen LogP contribution in [0.25, 0.3) is 11.0 Å². The number of aromatic nitrogens is 3. The maximum Gasteiger partial charge on any atom is 0.408 e. The van der Waals surface area contributed by atoms with Crippen LogP contribution in [0.4, 0.5) is 13.2 Å². The van der Waals surface area contributed by atoms with E-state index in [1.165, 1.54) is 18.3 Å². The molecule has 2 aromatic rings. The normalized spacial score (nSPS) is 11.8. The lowest BCUT2D eigenvalue weighted by molar-refractivity contribution is -0.141. The molecule has 0 aliphatic carbocycles. The minimum absolute atomic E-state index is 0.102. The molecule has 0 unspecified atom stereocenters. The van der Waals surface area contributed by atoms with Crippen molar-refractivity contribution in [3.63, 3.8) is 0 Å². The van der Waals surface area contributed by atoms with Gasteiger partial charge in [-0.05, 0) is 19.1 Å². The molecule has 0 bridgehead atoms. The molecule has 0 aliphatic heterocycles. The van der Waals surface area contributed by atoms with Gasteiger partial charge in [0.15, 0.2) is 5.69 Å². The molecule has 0 spiro atoms. The van der Waals surface area contributed by atoms with Gasteiger partial charge in [-0.15, -0.1) is 0 Å². The van der Waals surface area contributed by atoms with Gasteiger partial charge in [0.1, 0.15) is 12.1 Å². The van der Waals surface area contributed by atoms with Gasteiger partial charge < -0.3 is 4.74 Å². The first-order valence-electron chi connectivity index (χ1n) is 5.48. The van der Waals surface area contributed by atoms with E-state index < -0.39 is 18.7 Å². The topological polar surface area (TPSA) is 57.0 Å². The standard InChI is InChI=1S/C11H10F3N3O2/c1-2-19-10(18)9-8-7(4-3-5-15-8)17(16-9)6-11(12,13)14/h3-5H,2,6H2,1H3. The van der Waals surface area contributed by atoms with Crippen LogP contribution in [0.3, 0.4) is 0 Å². The molecule has 0 saturated heterocycles. The number of ether oxygens (including phenoxy) is 1. The number of nitrogens with zero attached hydrogens (tertiary/aromatic N) is 3. The second-order valence-corrected chi connectivity index (χ2v) is 3.71. The fraction of sp³-hybridized carbons (Fsp3) is 0.364. The minimum atomic E-state index is -4.43. The molecule has 5 nitrogen and oxygen atoms in total. The maximum atomic E-state index is 12.4. The van der Waals surface area contributed by atoms with Crippen LogP contribution in [0.1, 0.15) is 17.4 Å². The van der Waals surface area contributed by atoms with Crippen molar-refractivity contribution in [2.24, 2.45) is 0 Å². The number of pyridine rings is 1. The van der Waals surface area contributed by atoms with Crippen molar-refractivity contribution in [1.29, 1.82) is 0 Å². The third-order valence-corrected chi connectivity index (χ3v) is 2.31. The van der Waals surface area contributed by atoms with E-state index in [9.17, 15) is 18.0 Å². The number of halogens is 3. The Hall–Kier alpha value is -2.12. The van der Waals surface area contributed by atoms with Gasteiger partial charge in [0.05, 0.1) is 12.1 Å². The molecule has 102 valence electrons. The summed E-state index contributed by atoms with van der Waals surface area (Å²) >= 11 is 0. The number of hydrogen-bond acceptors (Lipinski definition) is 4. The number of alkyl halides is 3. The van der Waals surface area contributed by atoms with E-state index >= 15 is 0 Å². The number of carbonyl (C=O) groups excluding carboxylic acids is 1. The predicted octanol–water partition coefficient (Wildman–Crippen LogP) is 2.17. The van der Waals surface area contributed by atoms with Crippen molar-refractivity contribution in [2.45, 2.75) is 19.6 Å². The Bertz CT molecular complexity index is 607. The minimum Gasteiger partial charge on any atom is -0.461 e. The molecule has 19 heavy (non-hydrogen) atoms. The number of fused-ring (bicyclic) bond motifs is 1. The number of carbonyl (C=O) groups is 1. The lowest BCUT2D eigenvalue weighted by Gasteiger charge is -2.06. The van der Waals surface area contributed by atoms with Crippen molar-refractivity contribution < 1.29 is 22.7 Å². The zero-order valence-electron chi connectivity index (χ0n) is 9.94. The summed E-state index contributed by atoms with van der Waals surface area (Å²) in [7, 11) is 0. The average Bonchev–Trinajstić information content (AvgIpc) is 2.67. The number of rotatable bonds is 3. The summed E-state index contributed by atoms with van der Waals surface area (Å²) in [4.78, 5) is 15.5. The third-order valence-electron chi connectivity index (χ3n) is 2.31. The summed E-state index contributed by atoms with van der Waals surface area (Å²) in [5, 5.41) is 3.65. The van der Waals surface area contributed by atoms with Gasteiger partial charge in [-0.2, -0.15) is 18.3 Å². The quantitative estimate of drug-likeness (QED) is 0.804. The molecule has 2 rings (SSSR count). The highest BCUT2D eigenvalue weighted by atomic mass is 19.4. The van der Waals surface area contributed by atoms with E-state index in [1.807, 2.05) is 0 Å². The summed E-state index contributed by atoms with van der Waals surface area (Å²) in [5.74, 6) is -0.785. The molecule has 0 N–H and O–H groups in total. The first kappa shape index (κ1) is 13.3. The van der Waals surface area contributed by atoms with Crippen molar-refractivity contribution in [2.75, 3.05) is 6.61 Å². The van der Waals surface area contributed by atoms with Crippen LogP contribution in [0.5, 0.6) is 0 Å². The Kier molecular flexibility index (Phi) is 3.41. The van der Waals surface area contributed by atoms with Gasteiger partial charge in [-0.1, -0.05) is 0 Å². The molecule has 0 aliphatic rings. The molecule has 0 aromatic carbocycles. The van der Waals surface area contributed by atoms with E-state index in [1.54, 1.807) is 6.92 Å². The third kappa shape index (κ3) is 2.83. The van der Waals surface area contributed by atoms with Crippen LogP contribution < -0.4 is 0 Å². The van der Waals surface area contributed by atoms with Crippen LogP contribution in [0.15, 0.2) is 18.3 Å². The summed E-state index contributed by atoms with van der Waals surface area (Å²) < 4.78 is 42.7. The second-order valence-electron chi connectivity index (χ2n) is 3.71. The van der Waals surface area contributed by atoms with Crippen LogP contribution >= 0.6 is 0 Å². The number of esters is 1. The smallest absolute Gasteiger partial charge is 0.408 e. The molecule has 0 saturated carbocycles. The fourth-order valence-electron chi connectivity index (χ4n) is 1.64. The first-order valence-corrected chi connectivity index (χ1v) is 5.48. The molecule has 0 radical (unpaired) electrons. The monoisotopic (exact) mass is 273 g/mol. The maximum absolute atomic E-state index is 12.4. The first-order chi connectivity index (χ1) is 8.92. The van der Waals surface area contributed by atoms with Crippen molar-refractivity contribution in [3.8, 4) is 0 Å². The van der Waals surface area contributed by atoms with Gasteiger partial charge in [0.2, 0.25) is 0 Å². The van der Waals surface area contributed by atoms with Crippen molar-refractivity contribution >= 4 is 17.0 Å². The lowest BCUT2D eigenvalue weighted by atomic mass is 10.3. The SMILES string of the molecule is CCOC(=O)c1nn(CC(F)(F)F)c2cccnc12. The Morgan fingerprint density at radius 2 is 2.21 bits per heavy atom. The Labute approximate surface area is 106 Å². The molecular formula is C11H10F3N3O2. The highest BCUT2D eigenvalue weighted by Crippen LogP contribution is 2.22. The van der Waals surface area contributed by atoms with E-state index in [-0.39, 0.29) is 23.3 Å². The van der Waals surface area contributed by atoms with E-state index in [4.69, 9.17) is 4.74 Å². The molecule has 0 atom stereocenters. The highest BCUT2D eigenvalue weighted by Gasteiger charge is 2.31. The second kappa shape index (κ2) is 4.87. The van der Waals surface area contributed by atoms with Gasteiger partial charge in [-0.3, -0.25) is 9.67 Å². The largest absolute Gasteiger partial charge is 0.461 e. The van der Waals surface area contributed by atoms with Crippen LogP contribution in [0, 0.1) is 0 Å². The van der Waals surface area contributed by atoms with Crippen molar-refractivity contribution in [3.05, 3.63) is 24.0 Å². The Morgan fingerprint density at radius 3 is 2.84 bits per heavy atom. The van der Waals surface area contributed by atoms with Crippen LogP contribution in [-0.2, 0) is 11.3 Å². The zero-order chi connectivity index (χ0) is 14.0. The van der Waals surface area contributed by atoms with Crippen molar-refractivity contribution in [1.82, 2.24) is 14.8 Å². The van der Waals surface area contributed by atoms with Crippen LogP contribution in [0.2, 0.25) is 0 Å². The lowest BCUT2D eigenvalue weighted by Crippen LogP contribution is -2.19. The van der Waals surface area contributed by atoms with E-state index in [0.717, 1.165) is 0 Å². The molecular weight excluding hydrogens is 263 g/mol. The summed E-state index contributed by atoms with van der Waals surface area (Å²) in [6, 6.07) is 2.90. The number of hydrogen-bond donors (Lipinski definition) is 0. The van der Waals surface area contributed by atoms with Gasteiger partial charge >= 0.3 is 12.1 Å². The summed E-state index contributed by atoms with van der Waals surface area (Å²) in [5.41, 5.74) is 0.0368. The predicted molar refractivity (Wildman–Crippen MR) is 59.5 cm³/mol. The summed E-state index contributed by atoms with van der Waals surface area (Å²) in [6.07, 6.45) is -3.05. The van der Waals surface area contributed by atoms with Gasteiger partial charge in [0, 0.05) is 6.20 Å².